The zero-order chi connectivity index (χ0) is 11.6. The molecule has 1 unspecified atom stereocenters. The Bertz CT molecular complexity index is 387. The fourth-order valence-electron chi connectivity index (χ4n) is 1.06. The highest BCUT2D eigenvalue weighted by molar-refractivity contribution is 6.05. The van der Waals surface area contributed by atoms with Crippen LogP contribution in [0, 0.1) is 5.82 Å². The Labute approximate surface area is 83.9 Å². The fraction of sp³-hybridized carbons (Fsp3) is 0.111. The SMILES string of the molecule is NC(=O)C(O)(C(=O)O)c1ccc(F)cc1. The third kappa shape index (κ3) is 1.79. The van der Waals surface area contributed by atoms with Crippen molar-refractivity contribution >= 4 is 11.9 Å². The monoisotopic (exact) mass is 213 g/mol. The van der Waals surface area contributed by atoms with Crippen LogP contribution in [0.5, 0.6) is 0 Å². The number of nitrogens with two attached hydrogens (primary N) is 1. The minimum Gasteiger partial charge on any atom is -0.478 e. The average Bonchev–Trinajstić information content (AvgIpc) is 2.17. The number of carboxylic acids is 1. The predicted octanol–water partition coefficient (Wildman–Crippen LogP) is -0.417. The first-order chi connectivity index (χ1) is 6.89. The number of carbonyl (C=O) groups excluding carboxylic acids is 1. The van der Waals surface area contributed by atoms with Crippen molar-refractivity contribution in [2.24, 2.45) is 5.73 Å². The van der Waals surface area contributed by atoms with Crippen LogP contribution in [-0.4, -0.2) is 22.1 Å². The van der Waals surface area contributed by atoms with Crippen molar-refractivity contribution in [2.75, 3.05) is 0 Å². The summed E-state index contributed by atoms with van der Waals surface area (Å²) in [7, 11) is 0. The maximum Gasteiger partial charge on any atom is 0.350 e. The van der Waals surface area contributed by atoms with Crippen LogP contribution in [0.3, 0.4) is 0 Å². The lowest BCUT2D eigenvalue weighted by atomic mass is 9.93. The van der Waals surface area contributed by atoms with Gasteiger partial charge in [0.05, 0.1) is 0 Å². The van der Waals surface area contributed by atoms with Crippen LogP contribution in [0.15, 0.2) is 24.3 Å². The van der Waals surface area contributed by atoms with Gasteiger partial charge in [-0.05, 0) is 12.1 Å². The number of aliphatic carboxylic acids is 1. The number of hydrogen-bond donors (Lipinski definition) is 3. The summed E-state index contributed by atoms with van der Waals surface area (Å²) in [5, 5.41) is 18.2. The topological polar surface area (TPSA) is 101 Å². The molecule has 15 heavy (non-hydrogen) atoms. The summed E-state index contributed by atoms with van der Waals surface area (Å²) in [5.74, 6) is -3.85. The molecule has 0 radical (unpaired) electrons. The van der Waals surface area contributed by atoms with Crippen LogP contribution in [-0.2, 0) is 15.2 Å². The van der Waals surface area contributed by atoms with Crippen molar-refractivity contribution in [3.8, 4) is 0 Å². The minimum atomic E-state index is -2.83. The van der Waals surface area contributed by atoms with Gasteiger partial charge in [0, 0.05) is 5.56 Å². The van der Waals surface area contributed by atoms with E-state index in [4.69, 9.17) is 10.8 Å². The Morgan fingerprint density at radius 3 is 2.07 bits per heavy atom. The summed E-state index contributed by atoms with van der Waals surface area (Å²) < 4.78 is 12.5. The van der Waals surface area contributed by atoms with Crippen LogP contribution < -0.4 is 5.73 Å². The van der Waals surface area contributed by atoms with E-state index in [0.717, 1.165) is 24.3 Å². The first kappa shape index (κ1) is 11.1. The molecule has 80 valence electrons. The minimum absolute atomic E-state index is 0.288. The molecule has 1 amide bonds. The van der Waals surface area contributed by atoms with Crippen molar-refractivity contribution in [1.82, 2.24) is 0 Å². The molecule has 1 rings (SSSR count). The smallest absolute Gasteiger partial charge is 0.350 e. The number of carbonyl (C=O) groups is 2. The molecule has 0 fully saturated rings. The molecule has 0 bridgehead atoms. The summed E-state index contributed by atoms with van der Waals surface area (Å²) in [6, 6.07) is 3.81. The van der Waals surface area contributed by atoms with E-state index < -0.39 is 23.3 Å². The summed E-state index contributed by atoms with van der Waals surface area (Å²) in [6.07, 6.45) is 0. The molecule has 5 nitrogen and oxygen atoms in total. The lowest BCUT2D eigenvalue weighted by Crippen LogP contribution is -2.47. The third-order valence-corrected chi connectivity index (χ3v) is 1.93. The van der Waals surface area contributed by atoms with E-state index in [1.54, 1.807) is 0 Å². The summed E-state index contributed by atoms with van der Waals surface area (Å²) in [5.41, 5.74) is 1.66. The van der Waals surface area contributed by atoms with Crippen molar-refractivity contribution < 1.29 is 24.2 Å². The van der Waals surface area contributed by atoms with Gasteiger partial charge in [-0.15, -0.1) is 0 Å². The fourth-order valence-corrected chi connectivity index (χ4v) is 1.06. The zero-order valence-electron chi connectivity index (χ0n) is 7.48. The van der Waals surface area contributed by atoms with Gasteiger partial charge in [-0.2, -0.15) is 0 Å². The van der Waals surface area contributed by atoms with E-state index in [9.17, 15) is 19.1 Å². The first-order valence-electron chi connectivity index (χ1n) is 3.90. The van der Waals surface area contributed by atoms with E-state index >= 15 is 0 Å². The Hall–Kier alpha value is -1.95. The third-order valence-electron chi connectivity index (χ3n) is 1.93. The van der Waals surface area contributed by atoms with E-state index in [-0.39, 0.29) is 5.56 Å². The molecule has 0 aromatic heterocycles. The highest BCUT2D eigenvalue weighted by Gasteiger charge is 2.44. The molecule has 4 N–H and O–H groups in total. The Balaban J connectivity index is 3.28. The Kier molecular flexibility index (Phi) is 2.71. The van der Waals surface area contributed by atoms with Crippen molar-refractivity contribution in [3.63, 3.8) is 0 Å². The van der Waals surface area contributed by atoms with E-state index in [2.05, 4.69) is 0 Å². The number of rotatable bonds is 3. The van der Waals surface area contributed by atoms with Gasteiger partial charge in [-0.3, -0.25) is 4.79 Å². The second-order valence-corrected chi connectivity index (χ2v) is 2.89. The lowest BCUT2D eigenvalue weighted by molar-refractivity contribution is -0.166. The van der Waals surface area contributed by atoms with Gasteiger partial charge in [0.2, 0.25) is 0 Å². The first-order valence-corrected chi connectivity index (χ1v) is 3.90. The number of amides is 1. The van der Waals surface area contributed by atoms with Crippen molar-refractivity contribution in [3.05, 3.63) is 35.6 Å². The molecule has 0 heterocycles. The molecular weight excluding hydrogens is 205 g/mol. The number of hydrogen-bond acceptors (Lipinski definition) is 3. The predicted molar refractivity (Wildman–Crippen MR) is 47.1 cm³/mol. The molecule has 1 aromatic carbocycles. The highest BCUT2D eigenvalue weighted by Crippen LogP contribution is 2.21. The van der Waals surface area contributed by atoms with Gasteiger partial charge in [0.15, 0.2) is 0 Å². The van der Waals surface area contributed by atoms with Crippen molar-refractivity contribution in [2.45, 2.75) is 5.60 Å². The van der Waals surface area contributed by atoms with E-state index in [0.29, 0.717) is 0 Å². The molecule has 0 aliphatic heterocycles. The molecule has 0 spiro atoms. The quantitative estimate of drug-likeness (QED) is 0.594. The zero-order valence-corrected chi connectivity index (χ0v) is 7.48. The standard InChI is InChI=1S/C9H8FNO4/c10-6-3-1-5(2-4-6)9(15,7(11)12)8(13)14/h1-4,15H,(H2,11,12)(H,13,14). The largest absolute Gasteiger partial charge is 0.478 e. The number of halogens is 1. The van der Waals surface area contributed by atoms with Crippen LogP contribution in [0.2, 0.25) is 0 Å². The molecular formula is C9H8FNO4. The second kappa shape index (κ2) is 3.66. The van der Waals surface area contributed by atoms with Crippen molar-refractivity contribution in [1.29, 1.82) is 0 Å². The molecule has 0 saturated carbocycles. The van der Waals surface area contributed by atoms with Gasteiger partial charge >= 0.3 is 5.97 Å². The lowest BCUT2D eigenvalue weighted by Gasteiger charge is -2.19. The number of carboxylic acid groups (broad SMARTS) is 1. The summed E-state index contributed by atoms with van der Waals surface area (Å²) in [4.78, 5) is 21.5. The van der Waals surface area contributed by atoms with E-state index in [1.165, 1.54) is 0 Å². The van der Waals surface area contributed by atoms with Gasteiger partial charge in [-0.1, -0.05) is 12.1 Å². The Morgan fingerprint density at radius 2 is 1.73 bits per heavy atom. The Morgan fingerprint density at radius 1 is 1.27 bits per heavy atom. The maximum absolute atomic E-state index is 12.5. The van der Waals surface area contributed by atoms with Crippen LogP contribution >= 0.6 is 0 Å². The normalized spacial score (nSPS) is 14.3. The summed E-state index contributed by atoms with van der Waals surface area (Å²) in [6.45, 7) is 0. The molecule has 1 atom stereocenters. The average molecular weight is 213 g/mol. The number of primary amides is 1. The van der Waals surface area contributed by atoms with Gasteiger partial charge in [0.25, 0.3) is 11.5 Å². The maximum atomic E-state index is 12.5. The molecule has 0 saturated heterocycles. The molecule has 0 aliphatic rings. The van der Waals surface area contributed by atoms with Gasteiger partial charge in [0.1, 0.15) is 5.82 Å². The van der Waals surface area contributed by atoms with Gasteiger partial charge in [-0.25, -0.2) is 9.18 Å². The van der Waals surface area contributed by atoms with Crippen LogP contribution in [0.4, 0.5) is 4.39 Å². The van der Waals surface area contributed by atoms with Gasteiger partial charge < -0.3 is 15.9 Å². The second-order valence-electron chi connectivity index (χ2n) is 2.89. The highest BCUT2D eigenvalue weighted by atomic mass is 19.1. The number of aliphatic hydroxyl groups is 1. The number of benzene rings is 1. The summed E-state index contributed by atoms with van der Waals surface area (Å²) >= 11 is 0. The van der Waals surface area contributed by atoms with Crippen LogP contribution in [0.1, 0.15) is 5.56 Å². The van der Waals surface area contributed by atoms with E-state index in [1.807, 2.05) is 0 Å². The molecule has 6 heteroatoms. The molecule has 1 aromatic rings. The van der Waals surface area contributed by atoms with Crippen LogP contribution in [0.25, 0.3) is 0 Å². The molecule has 0 aliphatic carbocycles.